The van der Waals surface area contributed by atoms with Crippen LogP contribution in [0.25, 0.3) is 0 Å². The van der Waals surface area contributed by atoms with Gasteiger partial charge in [-0.1, -0.05) is 63.2 Å². The Balaban J connectivity index is 1.25. The van der Waals surface area contributed by atoms with E-state index in [4.69, 9.17) is 12.2 Å². The highest BCUT2D eigenvalue weighted by Gasteiger charge is 2.20. The van der Waals surface area contributed by atoms with E-state index in [0.29, 0.717) is 10.7 Å². The summed E-state index contributed by atoms with van der Waals surface area (Å²) in [6, 6.07) is 26.6. The van der Waals surface area contributed by atoms with Gasteiger partial charge in [0.2, 0.25) is 0 Å². The van der Waals surface area contributed by atoms with Gasteiger partial charge in [0, 0.05) is 22.5 Å². The van der Waals surface area contributed by atoms with E-state index in [1.54, 1.807) is 4.90 Å². The standard InChI is InChI=1S/C29H34N4OS/c1-29(2,3)24-11-9-23(10-12-24)27(34)31-28(35)30-25-13-15-26(16-14-25)33-19-17-32(18-20-33)21-22-7-5-4-6-8-22/h4-16H,17-21H2,1-3H3,(H2,30,31,34,35)/p+1. The third-order valence-corrected chi connectivity index (χ3v) is 6.70. The summed E-state index contributed by atoms with van der Waals surface area (Å²) >= 11 is 5.37. The minimum atomic E-state index is -0.213. The van der Waals surface area contributed by atoms with E-state index in [1.807, 2.05) is 36.4 Å². The highest BCUT2D eigenvalue weighted by atomic mass is 32.1. The Morgan fingerprint density at radius 1 is 0.914 bits per heavy atom. The van der Waals surface area contributed by atoms with Gasteiger partial charge in [-0.2, -0.15) is 0 Å². The molecule has 6 heteroatoms. The summed E-state index contributed by atoms with van der Waals surface area (Å²) in [6.07, 6.45) is 0. The Hall–Kier alpha value is -3.22. The molecule has 5 nitrogen and oxygen atoms in total. The molecule has 0 radical (unpaired) electrons. The number of quaternary nitrogens is 1. The van der Waals surface area contributed by atoms with Crippen LogP contribution in [-0.4, -0.2) is 37.2 Å². The normalized spacial score (nSPS) is 14.4. The second-order valence-electron chi connectivity index (χ2n) is 10.2. The smallest absolute Gasteiger partial charge is 0.257 e. The second kappa shape index (κ2) is 11.0. The van der Waals surface area contributed by atoms with Crippen LogP contribution in [0, 0.1) is 0 Å². The summed E-state index contributed by atoms with van der Waals surface area (Å²) in [5, 5.41) is 6.19. The molecule has 3 aromatic rings. The first-order valence-corrected chi connectivity index (χ1v) is 12.6. The van der Waals surface area contributed by atoms with Gasteiger partial charge in [0.1, 0.15) is 6.54 Å². The van der Waals surface area contributed by atoms with Crippen LogP contribution in [0.15, 0.2) is 78.9 Å². The molecule has 0 aromatic heterocycles. The maximum Gasteiger partial charge on any atom is 0.257 e. The fraction of sp³-hybridized carbons (Fsp3) is 0.310. The van der Waals surface area contributed by atoms with Crippen molar-refractivity contribution < 1.29 is 9.69 Å². The van der Waals surface area contributed by atoms with E-state index < -0.39 is 0 Å². The molecule has 0 bridgehead atoms. The minimum Gasteiger partial charge on any atom is -0.360 e. The molecule has 3 aromatic carbocycles. The van der Waals surface area contributed by atoms with Crippen LogP contribution in [0.1, 0.15) is 42.3 Å². The lowest BCUT2D eigenvalue weighted by molar-refractivity contribution is -0.914. The van der Waals surface area contributed by atoms with Crippen LogP contribution in [0.5, 0.6) is 0 Å². The molecular formula is C29H35N4OS+. The van der Waals surface area contributed by atoms with Crippen molar-refractivity contribution >= 4 is 34.6 Å². The maximum atomic E-state index is 12.6. The second-order valence-corrected chi connectivity index (χ2v) is 10.6. The van der Waals surface area contributed by atoms with Crippen LogP contribution >= 0.6 is 12.2 Å². The van der Waals surface area contributed by atoms with E-state index in [0.717, 1.165) is 38.4 Å². The molecule has 35 heavy (non-hydrogen) atoms. The molecule has 0 unspecified atom stereocenters. The Morgan fingerprint density at radius 3 is 2.14 bits per heavy atom. The predicted octanol–water partition coefficient (Wildman–Crippen LogP) is 4.02. The quantitative estimate of drug-likeness (QED) is 0.476. The van der Waals surface area contributed by atoms with E-state index in [2.05, 4.69) is 78.8 Å². The van der Waals surface area contributed by atoms with Crippen molar-refractivity contribution in [3.8, 4) is 0 Å². The number of carbonyl (C=O) groups excluding carboxylic acids is 1. The van der Waals surface area contributed by atoms with E-state index >= 15 is 0 Å². The number of amides is 1. The summed E-state index contributed by atoms with van der Waals surface area (Å²) in [5.74, 6) is -0.213. The molecule has 182 valence electrons. The number of nitrogens with zero attached hydrogens (tertiary/aromatic N) is 1. The Labute approximate surface area is 214 Å². The molecule has 1 saturated heterocycles. The summed E-state index contributed by atoms with van der Waals surface area (Å²) in [7, 11) is 0. The topological polar surface area (TPSA) is 48.8 Å². The number of hydrogen-bond donors (Lipinski definition) is 3. The summed E-state index contributed by atoms with van der Waals surface area (Å²) < 4.78 is 0. The van der Waals surface area contributed by atoms with Crippen molar-refractivity contribution in [1.29, 1.82) is 0 Å². The third kappa shape index (κ3) is 6.90. The molecule has 0 atom stereocenters. The number of benzene rings is 3. The van der Waals surface area contributed by atoms with Crippen LogP contribution in [0.4, 0.5) is 11.4 Å². The molecule has 0 saturated carbocycles. The van der Waals surface area contributed by atoms with Crippen molar-refractivity contribution in [3.63, 3.8) is 0 Å². The number of thiocarbonyl (C=S) groups is 1. The van der Waals surface area contributed by atoms with E-state index in [9.17, 15) is 4.79 Å². The number of hydrogen-bond acceptors (Lipinski definition) is 3. The minimum absolute atomic E-state index is 0.0505. The fourth-order valence-corrected chi connectivity index (χ4v) is 4.57. The Bertz CT molecular complexity index is 1130. The lowest BCUT2D eigenvalue weighted by Crippen LogP contribution is -3.13. The molecule has 1 aliphatic rings. The summed E-state index contributed by atoms with van der Waals surface area (Å²) in [4.78, 5) is 16.6. The van der Waals surface area contributed by atoms with Gasteiger partial charge in [-0.15, -0.1) is 0 Å². The SMILES string of the molecule is CC(C)(C)c1ccc(C(=O)NC(=S)Nc2ccc(N3CC[NH+](Cc4ccccc4)CC3)cc2)cc1. The lowest BCUT2D eigenvalue weighted by Gasteiger charge is -2.33. The predicted molar refractivity (Wildman–Crippen MR) is 148 cm³/mol. The molecule has 0 aliphatic carbocycles. The Kier molecular flexibility index (Phi) is 7.83. The number of nitrogens with one attached hydrogen (secondary N) is 3. The van der Waals surface area contributed by atoms with Crippen molar-refractivity contribution in [2.45, 2.75) is 32.7 Å². The first kappa shape index (κ1) is 24.9. The number of rotatable bonds is 5. The number of carbonyl (C=O) groups is 1. The molecule has 1 fully saturated rings. The van der Waals surface area contributed by atoms with E-state index in [-0.39, 0.29) is 11.3 Å². The number of anilines is 2. The molecular weight excluding hydrogens is 452 g/mol. The third-order valence-electron chi connectivity index (χ3n) is 6.50. The highest BCUT2D eigenvalue weighted by Crippen LogP contribution is 2.22. The van der Waals surface area contributed by atoms with Crippen molar-refractivity contribution in [2.24, 2.45) is 0 Å². The fourth-order valence-electron chi connectivity index (χ4n) is 4.36. The van der Waals surface area contributed by atoms with Crippen LogP contribution in [0.3, 0.4) is 0 Å². The zero-order valence-electron chi connectivity index (χ0n) is 20.8. The van der Waals surface area contributed by atoms with Gasteiger partial charge in [0.25, 0.3) is 5.91 Å². The van der Waals surface area contributed by atoms with Gasteiger partial charge < -0.3 is 15.1 Å². The van der Waals surface area contributed by atoms with Crippen LogP contribution in [0.2, 0.25) is 0 Å². The van der Waals surface area contributed by atoms with Crippen LogP contribution in [-0.2, 0) is 12.0 Å². The zero-order valence-corrected chi connectivity index (χ0v) is 21.6. The van der Waals surface area contributed by atoms with Crippen molar-refractivity contribution in [2.75, 3.05) is 36.4 Å². The van der Waals surface area contributed by atoms with Gasteiger partial charge in [0.05, 0.1) is 26.2 Å². The molecule has 1 aliphatic heterocycles. The summed E-state index contributed by atoms with van der Waals surface area (Å²) in [6.45, 7) is 11.9. The average molecular weight is 488 g/mol. The monoisotopic (exact) mass is 487 g/mol. The lowest BCUT2D eigenvalue weighted by atomic mass is 9.87. The number of piperazine rings is 1. The Morgan fingerprint density at radius 2 is 1.54 bits per heavy atom. The zero-order chi connectivity index (χ0) is 24.8. The molecule has 1 amide bonds. The highest BCUT2D eigenvalue weighted by molar-refractivity contribution is 7.80. The van der Waals surface area contributed by atoms with Gasteiger partial charge in [-0.05, 0) is 59.6 Å². The molecule has 1 heterocycles. The average Bonchev–Trinajstić information content (AvgIpc) is 2.85. The largest absolute Gasteiger partial charge is 0.360 e. The van der Waals surface area contributed by atoms with Gasteiger partial charge in [0.15, 0.2) is 5.11 Å². The van der Waals surface area contributed by atoms with Crippen LogP contribution < -0.4 is 20.4 Å². The van der Waals surface area contributed by atoms with Gasteiger partial charge >= 0.3 is 0 Å². The molecule has 0 spiro atoms. The van der Waals surface area contributed by atoms with Gasteiger partial charge in [-0.3, -0.25) is 10.1 Å². The first-order valence-electron chi connectivity index (χ1n) is 12.2. The molecule has 3 N–H and O–H groups in total. The maximum absolute atomic E-state index is 12.6. The van der Waals surface area contributed by atoms with Crippen molar-refractivity contribution in [3.05, 3.63) is 95.6 Å². The summed E-state index contributed by atoms with van der Waals surface area (Å²) in [5.41, 5.74) is 5.30. The van der Waals surface area contributed by atoms with Gasteiger partial charge in [-0.25, -0.2) is 0 Å². The first-order chi connectivity index (χ1) is 16.8. The molecule has 4 rings (SSSR count). The van der Waals surface area contributed by atoms with E-state index in [1.165, 1.54) is 16.8 Å². The van der Waals surface area contributed by atoms with Crippen molar-refractivity contribution in [1.82, 2.24) is 5.32 Å².